The first-order valence-corrected chi connectivity index (χ1v) is 14.0. The van der Waals surface area contributed by atoms with E-state index in [9.17, 15) is 0 Å². The Morgan fingerprint density at radius 3 is 1.55 bits per heavy atom. The van der Waals surface area contributed by atoms with Gasteiger partial charge in [-0.05, 0) is 66.7 Å². The average Bonchev–Trinajstić information content (AvgIpc) is 3.33. The van der Waals surface area contributed by atoms with E-state index in [0.717, 1.165) is 0 Å². The lowest BCUT2D eigenvalue weighted by molar-refractivity contribution is 0.762. The van der Waals surface area contributed by atoms with Gasteiger partial charge in [-0.15, -0.1) is 11.3 Å². The van der Waals surface area contributed by atoms with Crippen LogP contribution in [0, 0.1) is 0 Å². The zero-order chi connectivity index (χ0) is 24.8. The Morgan fingerprint density at radius 1 is 0.342 bits per heavy atom. The molecule has 1 aliphatic rings. The first-order chi connectivity index (χ1) is 18.9. The van der Waals surface area contributed by atoms with Gasteiger partial charge in [0.25, 0.3) is 0 Å². The van der Waals surface area contributed by atoms with E-state index in [1.807, 2.05) is 11.3 Å². The first kappa shape index (κ1) is 20.6. The van der Waals surface area contributed by atoms with Crippen molar-refractivity contribution in [2.45, 2.75) is 5.41 Å². The van der Waals surface area contributed by atoms with Crippen LogP contribution < -0.4 is 0 Å². The van der Waals surface area contributed by atoms with Gasteiger partial charge in [-0.25, -0.2) is 0 Å². The largest absolute Gasteiger partial charge is 0.135 e. The molecule has 1 heterocycles. The van der Waals surface area contributed by atoms with Gasteiger partial charge in [-0.2, -0.15) is 0 Å². The molecule has 0 N–H and O–H groups in total. The van der Waals surface area contributed by atoms with Crippen molar-refractivity contribution in [2.75, 3.05) is 0 Å². The van der Waals surface area contributed by atoms with Gasteiger partial charge in [0.15, 0.2) is 0 Å². The van der Waals surface area contributed by atoms with Gasteiger partial charge in [0.2, 0.25) is 0 Å². The van der Waals surface area contributed by atoms with E-state index in [2.05, 4.69) is 133 Å². The topological polar surface area (TPSA) is 0 Å². The van der Waals surface area contributed by atoms with E-state index < -0.39 is 5.41 Å². The Labute approximate surface area is 224 Å². The lowest BCUT2D eigenvalue weighted by Crippen LogP contribution is -2.31. The first-order valence-electron chi connectivity index (χ1n) is 13.2. The maximum absolute atomic E-state index is 2.39. The molecule has 0 aliphatic heterocycles. The summed E-state index contributed by atoms with van der Waals surface area (Å²) in [7, 11) is 0. The molecule has 1 aromatic heterocycles. The van der Waals surface area contributed by atoms with E-state index in [4.69, 9.17) is 0 Å². The number of hydrogen-bond acceptors (Lipinski definition) is 1. The van der Waals surface area contributed by atoms with Gasteiger partial charge >= 0.3 is 0 Å². The number of thiophene rings is 1. The predicted octanol–water partition coefficient (Wildman–Crippen LogP) is 10.2. The second-order valence-electron chi connectivity index (χ2n) is 10.4. The van der Waals surface area contributed by atoms with Crippen molar-refractivity contribution in [3.05, 3.63) is 156 Å². The summed E-state index contributed by atoms with van der Waals surface area (Å²) in [6.45, 7) is 0. The SMILES string of the molecule is c1ccc(C2(c3ccccc3)c3cccc4sc5ccc6c7ccccc7c7cccc2c7c6c5c34)cc1. The fourth-order valence-corrected chi connectivity index (χ4v) is 8.47. The normalized spacial score (nSPS) is 14.0. The number of benzene rings is 7. The molecular formula is C37H22S. The van der Waals surface area contributed by atoms with Crippen LogP contribution in [0.1, 0.15) is 22.3 Å². The van der Waals surface area contributed by atoms with E-state index in [0.29, 0.717) is 0 Å². The maximum Gasteiger partial charge on any atom is 0.0714 e. The zero-order valence-corrected chi connectivity index (χ0v) is 21.4. The van der Waals surface area contributed by atoms with Gasteiger partial charge in [-0.3, -0.25) is 0 Å². The van der Waals surface area contributed by atoms with Crippen LogP contribution in [0.15, 0.2) is 133 Å². The highest BCUT2D eigenvalue weighted by molar-refractivity contribution is 7.26. The molecule has 0 radical (unpaired) electrons. The monoisotopic (exact) mass is 498 g/mol. The van der Waals surface area contributed by atoms with Gasteiger partial charge in [0.05, 0.1) is 5.41 Å². The van der Waals surface area contributed by atoms with Crippen LogP contribution in [0.4, 0.5) is 0 Å². The second-order valence-corrected chi connectivity index (χ2v) is 11.5. The summed E-state index contributed by atoms with van der Waals surface area (Å²) in [5.74, 6) is 0. The molecular weight excluding hydrogens is 476 g/mol. The summed E-state index contributed by atoms with van der Waals surface area (Å²) in [6, 6.07) is 49.9. The minimum Gasteiger partial charge on any atom is -0.135 e. The summed E-state index contributed by atoms with van der Waals surface area (Å²) < 4.78 is 2.72. The third-order valence-corrected chi connectivity index (χ3v) is 9.83. The van der Waals surface area contributed by atoms with Crippen molar-refractivity contribution in [3.63, 3.8) is 0 Å². The van der Waals surface area contributed by atoms with E-state index in [1.54, 1.807) is 0 Å². The minimum absolute atomic E-state index is 0.454. The molecule has 176 valence electrons. The fraction of sp³-hybridized carbons (Fsp3) is 0.0270. The van der Waals surface area contributed by atoms with Gasteiger partial charge < -0.3 is 0 Å². The summed E-state index contributed by atoms with van der Waals surface area (Å²) in [5, 5.41) is 10.9. The minimum atomic E-state index is -0.454. The van der Waals surface area contributed by atoms with Crippen LogP contribution in [-0.2, 0) is 5.41 Å². The Hall–Kier alpha value is -4.46. The van der Waals surface area contributed by atoms with Crippen molar-refractivity contribution in [1.82, 2.24) is 0 Å². The van der Waals surface area contributed by atoms with Crippen LogP contribution in [0.3, 0.4) is 0 Å². The van der Waals surface area contributed by atoms with Crippen LogP contribution in [0.2, 0.25) is 0 Å². The Kier molecular flexibility index (Phi) is 3.96. The van der Waals surface area contributed by atoms with Crippen molar-refractivity contribution in [2.24, 2.45) is 0 Å². The highest BCUT2D eigenvalue weighted by Crippen LogP contribution is 2.57. The summed E-state index contributed by atoms with van der Waals surface area (Å²) in [4.78, 5) is 0. The Bertz CT molecular complexity index is 2180. The fourth-order valence-electron chi connectivity index (χ4n) is 7.33. The number of fused-ring (bicyclic) bond motifs is 3. The van der Waals surface area contributed by atoms with E-state index in [1.165, 1.54) is 74.7 Å². The van der Waals surface area contributed by atoms with Crippen LogP contribution in [0.5, 0.6) is 0 Å². The lowest BCUT2D eigenvalue weighted by atomic mass is 9.64. The van der Waals surface area contributed by atoms with Crippen LogP contribution in [0.25, 0.3) is 52.5 Å². The maximum atomic E-state index is 2.39. The molecule has 8 aromatic rings. The Morgan fingerprint density at radius 2 is 0.868 bits per heavy atom. The molecule has 0 bridgehead atoms. The van der Waals surface area contributed by atoms with E-state index in [-0.39, 0.29) is 0 Å². The third-order valence-electron chi connectivity index (χ3n) is 8.71. The van der Waals surface area contributed by atoms with Gasteiger partial charge in [-0.1, -0.05) is 121 Å². The van der Waals surface area contributed by atoms with Crippen LogP contribution >= 0.6 is 11.3 Å². The molecule has 0 amide bonds. The molecule has 1 heteroatoms. The molecule has 7 aromatic carbocycles. The van der Waals surface area contributed by atoms with Crippen molar-refractivity contribution in [1.29, 1.82) is 0 Å². The van der Waals surface area contributed by atoms with E-state index >= 15 is 0 Å². The molecule has 0 fully saturated rings. The molecule has 0 spiro atoms. The molecule has 9 rings (SSSR count). The lowest BCUT2D eigenvalue weighted by Gasteiger charge is -2.37. The summed E-state index contributed by atoms with van der Waals surface area (Å²) >= 11 is 1.93. The molecule has 38 heavy (non-hydrogen) atoms. The molecule has 0 saturated heterocycles. The number of hydrogen-bond donors (Lipinski definition) is 0. The third kappa shape index (κ3) is 2.36. The quantitative estimate of drug-likeness (QED) is 0.208. The van der Waals surface area contributed by atoms with Crippen molar-refractivity contribution >= 4 is 63.8 Å². The molecule has 0 nitrogen and oxygen atoms in total. The Balaban J connectivity index is 1.70. The van der Waals surface area contributed by atoms with Crippen molar-refractivity contribution < 1.29 is 0 Å². The smallest absolute Gasteiger partial charge is 0.0714 e. The molecule has 0 atom stereocenters. The zero-order valence-electron chi connectivity index (χ0n) is 20.6. The highest BCUT2D eigenvalue weighted by Gasteiger charge is 2.43. The van der Waals surface area contributed by atoms with Gasteiger partial charge in [0, 0.05) is 20.2 Å². The van der Waals surface area contributed by atoms with Crippen LogP contribution in [-0.4, -0.2) is 0 Å². The highest BCUT2D eigenvalue weighted by atomic mass is 32.1. The average molecular weight is 499 g/mol. The van der Waals surface area contributed by atoms with Crippen molar-refractivity contribution in [3.8, 4) is 0 Å². The molecule has 0 unspecified atom stereocenters. The standard InChI is InChI=1S/C37H22S/c1-3-11-23(12-4-1)37(24-13-5-2-6-14-24)29-18-9-17-27-25-15-7-8-16-26(25)28-21-22-32-36(34(28)33(27)29)35-30(37)19-10-20-31(35)38-32/h1-22H. The predicted molar refractivity (Wildman–Crippen MR) is 164 cm³/mol. The molecule has 0 saturated carbocycles. The molecule has 1 aliphatic carbocycles. The number of rotatable bonds is 2. The second kappa shape index (κ2) is 7.31. The van der Waals surface area contributed by atoms with Gasteiger partial charge in [0.1, 0.15) is 0 Å². The summed E-state index contributed by atoms with van der Waals surface area (Å²) in [5.41, 5.74) is 4.90. The summed E-state index contributed by atoms with van der Waals surface area (Å²) in [6.07, 6.45) is 0.